The third-order valence-electron chi connectivity index (χ3n) is 5.18. The Morgan fingerprint density at radius 2 is 1.96 bits per heavy atom. The molecule has 0 bridgehead atoms. The summed E-state index contributed by atoms with van der Waals surface area (Å²) in [6.07, 6.45) is 6.71. The van der Waals surface area contributed by atoms with E-state index in [0.29, 0.717) is 11.6 Å². The third-order valence-corrected chi connectivity index (χ3v) is 5.18. The summed E-state index contributed by atoms with van der Waals surface area (Å²) >= 11 is 0. The van der Waals surface area contributed by atoms with Gasteiger partial charge in [-0.3, -0.25) is 9.69 Å². The summed E-state index contributed by atoms with van der Waals surface area (Å²) in [5, 5.41) is 12.0. The first-order valence-corrected chi connectivity index (χ1v) is 8.79. The maximum absolute atomic E-state index is 12.4. The number of carbonyl (C=O) groups is 1. The van der Waals surface area contributed by atoms with Crippen LogP contribution in [-0.4, -0.2) is 29.9 Å². The molecule has 1 aliphatic heterocycles. The molecule has 0 unspecified atom stereocenters. The number of hydrogen-bond acceptors (Lipinski definition) is 3. The van der Waals surface area contributed by atoms with E-state index >= 15 is 0 Å². The van der Waals surface area contributed by atoms with Crippen LogP contribution in [0.3, 0.4) is 0 Å². The SMILES string of the molecule is N#Cc1ccc(CN2CCCCCNC(=O)[C@@H]3CCC[C@@H]32)cc1. The smallest absolute Gasteiger partial charge is 0.224 e. The zero-order valence-corrected chi connectivity index (χ0v) is 13.6. The fourth-order valence-electron chi connectivity index (χ4n) is 3.92. The lowest BCUT2D eigenvalue weighted by atomic mass is 9.98. The van der Waals surface area contributed by atoms with E-state index in [-0.39, 0.29) is 11.8 Å². The summed E-state index contributed by atoms with van der Waals surface area (Å²) < 4.78 is 0. The number of amides is 1. The molecule has 4 nitrogen and oxygen atoms in total. The number of benzene rings is 1. The highest BCUT2D eigenvalue weighted by Crippen LogP contribution is 2.32. The van der Waals surface area contributed by atoms with E-state index in [2.05, 4.69) is 16.3 Å². The Balaban J connectivity index is 1.75. The summed E-state index contributed by atoms with van der Waals surface area (Å²) in [5.41, 5.74) is 1.93. The molecule has 1 saturated carbocycles. The summed E-state index contributed by atoms with van der Waals surface area (Å²) in [4.78, 5) is 14.9. The van der Waals surface area contributed by atoms with Gasteiger partial charge in [-0.25, -0.2) is 0 Å². The molecule has 1 amide bonds. The molecule has 1 N–H and O–H groups in total. The fraction of sp³-hybridized carbons (Fsp3) is 0.579. The fourth-order valence-corrected chi connectivity index (χ4v) is 3.92. The van der Waals surface area contributed by atoms with Gasteiger partial charge < -0.3 is 5.32 Å². The van der Waals surface area contributed by atoms with Crippen molar-refractivity contribution in [3.63, 3.8) is 0 Å². The molecular formula is C19H25N3O. The third kappa shape index (κ3) is 3.92. The van der Waals surface area contributed by atoms with Crippen LogP contribution >= 0.6 is 0 Å². The quantitative estimate of drug-likeness (QED) is 0.913. The lowest BCUT2D eigenvalue weighted by molar-refractivity contribution is -0.126. The largest absolute Gasteiger partial charge is 0.356 e. The van der Waals surface area contributed by atoms with Gasteiger partial charge in [0.1, 0.15) is 0 Å². The van der Waals surface area contributed by atoms with Crippen molar-refractivity contribution in [3.05, 3.63) is 35.4 Å². The van der Waals surface area contributed by atoms with Crippen LogP contribution in [0.2, 0.25) is 0 Å². The minimum Gasteiger partial charge on any atom is -0.356 e. The highest BCUT2D eigenvalue weighted by atomic mass is 16.1. The lowest BCUT2D eigenvalue weighted by Gasteiger charge is -2.33. The Bertz CT molecular complexity index is 575. The van der Waals surface area contributed by atoms with E-state index in [1.54, 1.807) is 0 Å². The van der Waals surface area contributed by atoms with E-state index in [4.69, 9.17) is 5.26 Å². The standard InChI is InChI=1S/C19H25N3O/c20-13-15-7-9-16(10-8-15)14-22-12-3-1-2-11-21-19(23)17-5-4-6-18(17)22/h7-10,17-18H,1-6,11-12,14H2,(H,21,23)/t17-,18+/m1/s1. The van der Waals surface area contributed by atoms with Gasteiger partial charge in [0.15, 0.2) is 0 Å². The summed E-state index contributed by atoms with van der Waals surface area (Å²) in [5.74, 6) is 0.394. The second-order valence-electron chi connectivity index (χ2n) is 6.74. The van der Waals surface area contributed by atoms with E-state index in [1.807, 2.05) is 24.3 Å². The van der Waals surface area contributed by atoms with Crippen LogP contribution in [0.15, 0.2) is 24.3 Å². The topological polar surface area (TPSA) is 56.1 Å². The second-order valence-corrected chi connectivity index (χ2v) is 6.74. The van der Waals surface area contributed by atoms with Gasteiger partial charge >= 0.3 is 0 Å². The lowest BCUT2D eigenvalue weighted by Crippen LogP contribution is -2.45. The Morgan fingerprint density at radius 1 is 1.13 bits per heavy atom. The zero-order valence-electron chi connectivity index (χ0n) is 13.6. The molecule has 122 valence electrons. The minimum atomic E-state index is 0.145. The van der Waals surface area contributed by atoms with Crippen LogP contribution in [0.25, 0.3) is 0 Å². The van der Waals surface area contributed by atoms with Crippen molar-refractivity contribution in [3.8, 4) is 6.07 Å². The number of nitriles is 1. The molecular weight excluding hydrogens is 286 g/mol. The zero-order chi connectivity index (χ0) is 16.1. The van der Waals surface area contributed by atoms with Crippen LogP contribution in [0.1, 0.15) is 49.7 Å². The van der Waals surface area contributed by atoms with Gasteiger partial charge in [-0.2, -0.15) is 5.26 Å². The van der Waals surface area contributed by atoms with Crippen LogP contribution in [0.4, 0.5) is 0 Å². The molecule has 1 aromatic carbocycles. The number of fused-ring (bicyclic) bond motifs is 1. The van der Waals surface area contributed by atoms with Crippen LogP contribution in [0.5, 0.6) is 0 Å². The van der Waals surface area contributed by atoms with E-state index in [0.717, 1.165) is 45.3 Å². The first-order valence-electron chi connectivity index (χ1n) is 8.79. The van der Waals surface area contributed by atoms with Crippen molar-refractivity contribution in [2.24, 2.45) is 5.92 Å². The van der Waals surface area contributed by atoms with Gasteiger partial charge in [-0.1, -0.05) is 25.0 Å². The Kier molecular flexibility index (Phi) is 5.30. The summed E-state index contributed by atoms with van der Waals surface area (Å²) in [6.45, 7) is 2.77. The normalized spacial score (nSPS) is 26.1. The molecule has 1 heterocycles. The van der Waals surface area contributed by atoms with E-state index < -0.39 is 0 Å². The molecule has 23 heavy (non-hydrogen) atoms. The summed E-state index contributed by atoms with van der Waals surface area (Å²) in [6, 6.07) is 10.4. The molecule has 0 radical (unpaired) electrons. The number of carbonyl (C=O) groups excluding carboxylic acids is 1. The highest BCUT2D eigenvalue weighted by molar-refractivity contribution is 5.79. The molecule has 1 aromatic rings. The number of rotatable bonds is 2. The Hall–Kier alpha value is -1.86. The van der Waals surface area contributed by atoms with E-state index in [9.17, 15) is 4.79 Å². The van der Waals surface area contributed by atoms with Gasteiger partial charge in [0, 0.05) is 19.1 Å². The average molecular weight is 311 g/mol. The molecule has 0 aromatic heterocycles. The van der Waals surface area contributed by atoms with Gasteiger partial charge in [0.05, 0.1) is 17.6 Å². The van der Waals surface area contributed by atoms with Crippen molar-refractivity contribution < 1.29 is 4.79 Å². The molecule has 2 atom stereocenters. The monoisotopic (exact) mass is 311 g/mol. The maximum Gasteiger partial charge on any atom is 0.224 e. The highest BCUT2D eigenvalue weighted by Gasteiger charge is 2.36. The van der Waals surface area contributed by atoms with Gasteiger partial charge in [-0.05, 0) is 49.9 Å². The molecule has 3 rings (SSSR count). The van der Waals surface area contributed by atoms with Crippen molar-refractivity contribution in [2.45, 2.75) is 51.1 Å². The van der Waals surface area contributed by atoms with Crippen molar-refractivity contribution in [2.75, 3.05) is 13.1 Å². The first kappa shape index (κ1) is 16.0. The van der Waals surface area contributed by atoms with Crippen molar-refractivity contribution in [1.82, 2.24) is 10.2 Å². The minimum absolute atomic E-state index is 0.145. The second kappa shape index (κ2) is 7.61. The molecule has 2 fully saturated rings. The first-order chi connectivity index (χ1) is 11.3. The molecule has 4 heteroatoms. The van der Waals surface area contributed by atoms with Gasteiger partial charge in [0.2, 0.25) is 5.91 Å². The maximum atomic E-state index is 12.4. The summed E-state index contributed by atoms with van der Waals surface area (Å²) in [7, 11) is 0. The van der Waals surface area contributed by atoms with Crippen LogP contribution in [0, 0.1) is 17.2 Å². The predicted octanol–water partition coefficient (Wildman–Crippen LogP) is 2.83. The molecule has 1 aliphatic carbocycles. The Morgan fingerprint density at radius 3 is 2.74 bits per heavy atom. The van der Waals surface area contributed by atoms with Crippen molar-refractivity contribution >= 4 is 5.91 Å². The average Bonchev–Trinajstić information content (AvgIpc) is 3.06. The number of hydrogen-bond donors (Lipinski definition) is 1. The Labute approximate surface area is 138 Å². The number of nitrogens with one attached hydrogen (secondary N) is 1. The van der Waals surface area contributed by atoms with Gasteiger partial charge in [0.25, 0.3) is 0 Å². The van der Waals surface area contributed by atoms with E-state index in [1.165, 1.54) is 18.4 Å². The van der Waals surface area contributed by atoms with Crippen molar-refractivity contribution in [1.29, 1.82) is 5.26 Å². The van der Waals surface area contributed by atoms with Gasteiger partial charge in [-0.15, -0.1) is 0 Å². The van der Waals surface area contributed by atoms with Crippen LogP contribution < -0.4 is 5.32 Å². The predicted molar refractivity (Wildman–Crippen MR) is 89.6 cm³/mol. The van der Waals surface area contributed by atoms with Crippen LogP contribution in [-0.2, 0) is 11.3 Å². The molecule has 2 aliphatic rings. The molecule has 0 spiro atoms. The molecule has 1 saturated heterocycles. The number of nitrogens with zero attached hydrogens (tertiary/aromatic N) is 2.